The second-order valence-corrected chi connectivity index (χ2v) is 4.95. The lowest BCUT2D eigenvalue weighted by molar-refractivity contribution is 0.425. The Morgan fingerprint density at radius 3 is 2.74 bits per heavy atom. The maximum atomic E-state index is 9.57. The first-order valence-corrected chi connectivity index (χ1v) is 6.61. The van der Waals surface area contributed by atoms with Crippen LogP contribution in [0.2, 0.25) is 0 Å². The first-order valence-electron chi connectivity index (χ1n) is 6.61. The van der Waals surface area contributed by atoms with E-state index in [1.54, 1.807) is 12.1 Å². The van der Waals surface area contributed by atoms with Gasteiger partial charge in [0.1, 0.15) is 5.75 Å². The number of rotatable bonds is 5. The standard InChI is InChI=1S/C15H21N3O/c1-4-11-9-14(16-7-8-18(2)3)13-6-5-12(19)10-15(13)17-11/h5-6,9-10,19H,4,7-8H2,1-3H3,(H,16,17). The molecule has 2 rings (SSSR count). The van der Waals surface area contributed by atoms with Crippen LogP contribution in [0.25, 0.3) is 10.9 Å². The van der Waals surface area contributed by atoms with E-state index in [1.807, 2.05) is 6.07 Å². The van der Waals surface area contributed by atoms with Crippen LogP contribution >= 0.6 is 0 Å². The van der Waals surface area contributed by atoms with Crippen LogP contribution in [0.5, 0.6) is 5.75 Å². The highest BCUT2D eigenvalue weighted by Gasteiger charge is 2.06. The molecular weight excluding hydrogens is 238 g/mol. The normalized spacial score (nSPS) is 11.2. The van der Waals surface area contributed by atoms with Gasteiger partial charge in [0.15, 0.2) is 0 Å². The van der Waals surface area contributed by atoms with Gasteiger partial charge in [-0.05, 0) is 38.7 Å². The Morgan fingerprint density at radius 1 is 1.26 bits per heavy atom. The summed E-state index contributed by atoms with van der Waals surface area (Å²) < 4.78 is 0. The molecule has 0 unspecified atom stereocenters. The van der Waals surface area contributed by atoms with Gasteiger partial charge in [-0.1, -0.05) is 6.92 Å². The summed E-state index contributed by atoms with van der Waals surface area (Å²) in [6.45, 7) is 3.94. The molecule has 0 aliphatic rings. The third-order valence-corrected chi connectivity index (χ3v) is 3.08. The highest BCUT2D eigenvalue weighted by atomic mass is 16.3. The summed E-state index contributed by atoms with van der Waals surface area (Å²) in [6, 6.07) is 7.42. The zero-order chi connectivity index (χ0) is 13.8. The zero-order valence-electron chi connectivity index (χ0n) is 11.8. The lowest BCUT2D eigenvalue weighted by Gasteiger charge is -2.14. The number of hydrogen-bond donors (Lipinski definition) is 2. The maximum absolute atomic E-state index is 9.57. The minimum absolute atomic E-state index is 0.257. The van der Waals surface area contributed by atoms with Crippen molar-refractivity contribution in [1.29, 1.82) is 0 Å². The molecule has 0 aliphatic heterocycles. The van der Waals surface area contributed by atoms with Crippen molar-refractivity contribution >= 4 is 16.6 Å². The molecule has 0 saturated carbocycles. The number of likely N-dealkylation sites (N-methyl/N-ethyl adjacent to an activating group) is 1. The quantitative estimate of drug-likeness (QED) is 0.866. The summed E-state index contributed by atoms with van der Waals surface area (Å²) in [6.07, 6.45) is 0.883. The van der Waals surface area contributed by atoms with Crippen LogP contribution in [0.1, 0.15) is 12.6 Å². The largest absolute Gasteiger partial charge is 0.508 e. The fraction of sp³-hybridized carbons (Fsp3) is 0.400. The van der Waals surface area contributed by atoms with E-state index < -0.39 is 0 Å². The molecule has 0 bridgehead atoms. The van der Waals surface area contributed by atoms with Gasteiger partial charge in [0.05, 0.1) is 5.52 Å². The second-order valence-electron chi connectivity index (χ2n) is 4.95. The van der Waals surface area contributed by atoms with E-state index in [1.165, 1.54) is 0 Å². The lowest BCUT2D eigenvalue weighted by atomic mass is 10.1. The number of fused-ring (bicyclic) bond motifs is 1. The Balaban J connectivity index is 2.34. The van der Waals surface area contributed by atoms with E-state index >= 15 is 0 Å². The van der Waals surface area contributed by atoms with Gasteiger partial charge in [0, 0.05) is 35.9 Å². The Morgan fingerprint density at radius 2 is 2.05 bits per heavy atom. The van der Waals surface area contributed by atoms with Crippen LogP contribution in [0.3, 0.4) is 0 Å². The van der Waals surface area contributed by atoms with Gasteiger partial charge in [-0.3, -0.25) is 4.98 Å². The van der Waals surface area contributed by atoms with Crippen LogP contribution in [-0.4, -0.2) is 42.2 Å². The summed E-state index contributed by atoms with van der Waals surface area (Å²) in [5.41, 5.74) is 2.96. The summed E-state index contributed by atoms with van der Waals surface area (Å²) >= 11 is 0. The molecule has 102 valence electrons. The number of phenolic OH excluding ortho intramolecular Hbond substituents is 1. The van der Waals surface area contributed by atoms with Gasteiger partial charge in [-0.25, -0.2) is 0 Å². The van der Waals surface area contributed by atoms with E-state index in [9.17, 15) is 5.11 Å². The molecule has 4 nitrogen and oxygen atoms in total. The van der Waals surface area contributed by atoms with E-state index in [0.717, 1.165) is 41.8 Å². The molecule has 0 aliphatic carbocycles. The average molecular weight is 259 g/mol. The molecule has 2 aromatic rings. The molecule has 0 fully saturated rings. The third kappa shape index (κ3) is 3.35. The molecule has 1 aromatic carbocycles. The van der Waals surface area contributed by atoms with Crippen LogP contribution in [0.15, 0.2) is 24.3 Å². The average Bonchev–Trinajstić information content (AvgIpc) is 2.37. The van der Waals surface area contributed by atoms with Crippen molar-refractivity contribution in [3.05, 3.63) is 30.0 Å². The lowest BCUT2D eigenvalue weighted by Crippen LogP contribution is -2.21. The molecule has 2 N–H and O–H groups in total. The first-order chi connectivity index (χ1) is 9.10. The number of pyridine rings is 1. The van der Waals surface area contributed by atoms with Crippen molar-refractivity contribution in [1.82, 2.24) is 9.88 Å². The number of aromatic hydroxyl groups is 1. The summed E-state index contributed by atoms with van der Waals surface area (Å²) in [5.74, 6) is 0.257. The van der Waals surface area contributed by atoms with Crippen molar-refractivity contribution in [3.63, 3.8) is 0 Å². The predicted octanol–water partition coefficient (Wildman–Crippen LogP) is 2.48. The minimum atomic E-state index is 0.257. The fourth-order valence-electron chi connectivity index (χ4n) is 2.01. The van der Waals surface area contributed by atoms with Gasteiger partial charge in [-0.2, -0.15) is 0 Å². The number of aryl methyl sites for hydroxylation is 1. The van der Waals surface area contributed by atoms with E-state index in [-0.39, 0.29) is 5.75 Å². The number of anilines is 1. The first kappa shape index (κ1) is 13.6. The number of aromatic nitrogens is 1. The Labute approximate surface area is 114 Å². The summed E-state index contributed by atoms with van der Waals surface area (Å²) in [4.78, 5) is 6.69. The van der Waals surface area contributed by atoms with Gasteiger partial charge in [0.2, 0.25) is 0 Å². The molecule has 19 heavy (non-hydrogen) atoms. The number of nitrogens with one attached hydrogen (secondary N) is 1. The molecule has 4 heteroatoms. The number of nitrogens with zero attached hydrogens (tertiary/aromatic N) is 2. The van der Waals surface area contributed by atoms with E-state index in [4.69, 9.17) is 0 Å². The van der Waals surface area contributed by atoms with Crippen molar-refractivity contribution in [2.75, 3.05) is 32.5 Å². The molecule has 0 saturated heterocycles. The van der Waals surface area contributed by atoms with Crippen molar-refractivity contribution < 1.29 is 5.11 Å². The molecular formula is C15H21N3O. The van der Waals surface area contributed by atoms with Gasteiger partial charge in [0.25, 0.3) is 0 Å². The van der Waals surface area contributed by atoms with Crippen molar-refractivity contribution in [2.45, 2.75) is 13.3 Å². The van der Waals surface area contributed by atoms with Crippen molar-refractivity contribution in [3.8, 4) is 5.75 Å². The van der Waals surface area contributed by atoms with Gasteiger partial charge < -0.3 is 15.3 Å². The highest BCUT2D eigenvalue weighted by molar-refractivity contribution is 5.92. The van der Waals surface area contributed by atoms with Crippen LogP contribution in [-0.2, 0) is 6.42 Å². The van der Waals surface area contributed by atoms with E-state index in [0.29, 0.717) is 0 Å². The maximum Gasteiger partial charge on any atom is 0.117 e. The van der Waals surface area contributed by atoms with Crippen molar-refractivity contribution in [2.24, 2.45) is 0 Å². The number of hydrogen-bond acceptors (Lipinski definition) is 4. The third-order valence-electron chi connectivity index (χ3n) is 3.08. The molecule has 1 aromatic heterocycles. The predicted molar refractivity (Wildman–Crippen MR) is 79.8 cm³/mol. The van der Waals surface area contributed by atoms with E-state index in [2.05, 4.69) is 42.3 Å². The minimum Gasteiger partial charge on any atom is -0.508 e. The SMILES string of the molecule is CCc1cc(NCCN(C)C)c2ccc(O)cc2n1. The highest BCUT2D eigenvalue weighted by Crippen LogP contribution is 2.26. The topological polar surface area (TPSA) is 48.4 Å². The van der Waals surface area contributed by atoms with Crippen LogP contribution in [0, 0.1) is 0 Å². The summed E-state index contributed by atoms with van der Waals surface area (Å²) in [5, 5.41) is 14.1. The molecule has 0 radical (unpaired) electrons. The smallest absolute Gasteiger partial charge is 0.117 e. The van der Waals surface area contributed by atoms with Gasteiger partial charge >= 0.3 is 0 Å². The molecule has 0 amide bonds. The van der Waals surface area contributed by atoms with Crippen LogP contribution < -0.4 is 5.32 Å². The molecule has 1 heterocycles. The van der Waals surface area contributed by atoms with Crippen LogP contribution in [0.4, 0.5) is 5.69 Å². The molecule has 0 spiro atoms. The number of phenols is 1. The summed E-state index contributed by atoms with van der Waals surface area (Å²) in [7, 11) is 4.11. The molecule has 0 atom stereocenters. The second kappa shape index (κ2) is 5.89. The fourth-order valence-corrected chi connectivity index (χ4v) is 2.01. The Bertz CT molecular complexity index is 567. The van der Waals surface area contributed by atoms with Gasteiger partial charge in [-0.15, -0.1) is 0 Å². The zero-order valence-corrected chi connectivity index (χ0v) is 11.8. The number of benzene rings is 1. The Kier molecular flexibility index (Phi) is 4.22. The monoisotopic (exact) mass is 259 g/mol. The Hall–Kier alpha value is -1.81.